The van der Waals surface area contributed by atoms with E-state index < -0.39 is 5.67 Å². The lowest BCUT2D eigenvalue weighted by Gasteiger charge is -2.10. The maximum absolute atomic E-state index is 14.4. The number of hydrogen-bond acceptors (Lipinski definition) is 4. The van der Waals surface area contributed by atoms with Crippen LogP contribution in [-0.2, 0) is 6.42 Å². The zero-order valence-electron chi connectivity index (χ0n) is 14.3. The monoisotopic (exact) mass is 355 g/mol. The fraction of sp³-hybridized carbons (Fsp3) is 0.316. The number of nitrogens with one attached hydrogen (secondary N) is 1. The third kappa shape index (κ3) is 2.46. The van der Waals surface area contributed by atoms with Gasteiger partial charge >= 0.3 is 0 Å². The molecule has 2 aliphatic rings. The number of pyridine rings is 1. The zero-order chi connectivity index (χ0) is 17.9. The van der Waals surface area contributed by atoms with E-state index in [1.54, 1.807) is 16.8 Å². The lowest BCUT2D eigenvalue weighted by Crippen LogP contribution is -2.18. The van der Waals surface area contributed by atoms with Crippen LogP contribution in [-0.4, -0.2) is 31.6 Å². The second kappa shape index (κ2) is 5.33. The molecular weight excluding hydrogens is 336 g/mol. The average Bonchev–Trinajstić information content (AvgIpc) is 3.04. The van der Waals surface area contributed by atoms with Gasteiger partial charge in [0.1, 0.15) is 5.67 Å². The van der Waals surface area contributed by atoms with Crippen molar-refractivity contribution < 1.29 is 10.2 Å². The van der Waals surface area contributed by atoms with Crippen LogP contribution in [0.2, 0.25) is 0 Å². The summed E-state index contributed by atoms with van der Waals surface area (Å²) in [5.41, 5.74) is 3.51. The smallest absolute Gasteiger partial charge is 0.223 e. The minimum Gasteiger partial charge on any atom is -0.351 e. The first-order valence-electron chi connectivity index (χ1n) is 8.65. The number of hydrogen-bond donors (Lipinski definition) is 1. The van der Waals surface area contributed by atoms with Gasteiger partial charge in [-0.2, -0.15) is 0 Å². The molecule has 0 saturated heterocycles. The van der Waals surface area contributed by atoms with Crippen molar-refractivity contribution in [2.75, 3.05) is 11.9 Å². The first-order valence-corrected chi connectivity index (χ1v) is 8.65. The Kier molecular flexibility index (Phi) is 3.16. The van der Waals surface area contributed by atoms with E-state index in [1.807, 2.05) is 19.2 Å². The van der Waals surface area contributed by atoms with E-state index in [2.05, 4.69) is 20.3 Å². The Morgan fingerprint density at radius 2 is 2.15 bits per heavy atom. The normalized spacial score (nSPS) is 17.3. The van der Waals surface area contributed by atoms with Crippen LogP contribution >= 0.6 is 0 Å². The van der Waals surface area contributed by atoms with E-state index in [0.717, 1.165) is 28.1 Å². The van der Waals surface area contributed by atoms with Crippen molar-refractivity contribution in [1.82, 2.24) is 19.4 Å². The Hall–Kier alpha value is -2.83. The Morgan fingerprint density at radius 3 is 2.96 bits per heavy atom. The van der Waals surface area contributed by atoms with Gasteiger partial charge in [0.15, 0.2) is 11.5 Å². The molecule has 7 heteroatoms. The summed E-state index contributed by atoms with van der Waals surface area (Å²) in [6.07, 6.45) is 9.12. The van der Waals surface area contributed by atoms with Gasteiger partial charge in [-0.25, -0.2) is 23.7 Å². The third-order valence-corrected chi connectivity index (χ3v) is 5.07. The van der Waals surface area contributed by atoms with E-state index >= 15 is 0 Å². The third-order valence-electron chi connectivity index (χ3n) is 5.07. The second-order valence-electron chi connectivity index (χ2n) is 7.05. The molecule has 0 bridgehead atoms. The molecule has 0 aromatic carbocycles. The van der Waals surface area contributed by atoms with E-state index in [-0.39, 0.29) is 13.8 Å². The molecule has 1 fully saturated rings. The quantitative estimate of drug-likeness (QED) is 0.775. The number of nitrogens with zero attached hydrogens (tertiary/aromatic N) is 4. The highest BCUT2D eigenvalue weighted by Crippen LogP contribution is 2.39. The van der Waals surface area contributed by atoms with Crippen LogP contribution in [0.3, 0.4) is 0 Å². The van der Waals surface area contributed by atoms with Gasteiger partial charge in [-0.15, -0.1) is 0 Å². The minimum absolute atomic E-state index is 0. The minimum atomic E-state index is -1.10. The van der Waals surface area contributed by atoms with Gasteiger partial charge < -0.3 is 9.72 Å². The highest BCUT2D eigenvalue weighted by Gasteiger charge is 2.43. The standard InChI is InChI=1S/C19H17F2N5.H2/c1-11-7-22-17-15(20)6-12(9-26(11)17)13-2-3-16-14(13)8-23-18(25-16)24-10-19(21)4-5-19;/h2,6-9H,3-5,10H2,1H3,(H,23,24,25);1H. The molecule has 2 aliphatic carbocycles. The number of rotatable bonds is 4. The van der Waals surface area contributed by atoms with Gasteiger partial charge in [0, 0.05) is 43.3 Å². The average molecular weight is 355 g/mol. The van der Waals surface area contributed by atoms with Crippen LogP contribution in [0.4, 0.5) is 14.7 Å². The fourth-order valence-electron chi connectivity index (χ4n) is 3.33. The van der Waals surface area contributed by atoms with Crippen molar-refractivity contribution in [3.63, 3.8) is 0 Å². The summed E-state index contributed by atoms with van der Waals surface area (Å²) in [6.45, 7) is 2.13. The van der Waals surface area contributed by atoms with E-state index in [0.29, 0.717) is 30.9 Å². The summed E-state index contributed by atoms with van der Waals surface area (Å²) < 4.78 is 29.9. The Balaban J connectivity index is 0.00000180. The maximum Gasteiger partial charge on any atom is 0.223 e. The van der Waals surface area contributed by atoms with E-state index in [4.69, 9.17) is 0 Å². The van der Waals surface area contributed by atoms with Gasteiger partial charge in [0.2, 0.25) is 5.95 Å². The molecule has 0 unspecified atom stereocenters. The molecule has 5 nitrogen and oxygen atoms in total. The topological polar surface area (TPSA) is 55.1 Å². The van der Waals surface area contributed by atoms with Crippen LogP contribution in [0.5, 0.6) is 0 Å². The first kappa shape index (κ1) is 15.4. The van der Waals surface area contributed by atoms with E-state index in [9.17, 15) is 8.78 Å². The predicted octanol–water partition coefficient (Wildman–Crippen LogP) is 3.72. The van der Waals surface area contributed by atoms with E-state index in [1.165, 1.54) is 6.07 Å². The number of aromatic nitrogens is 4. The fourth-order valence-corrected chi connectivity index (χ4v) is 3.33. The molecule has 26 heavy (non-hydrogen) atoms. The molecule has 0 aliphatic heterocycles. The van der Waals surface area contributed by atoms with Gasteiger partial charge in [-0.05, 0) is 31.4 Å². The molecule has 3 aromatic rings. The van der Waals surface area contributed by atoms with Crippen molar-refractivity contribution in [2.45, 2.75) is 31.9 Å². The molecule has 1 N–H and O–H groups in total. The Labute approximate surface area is 150 Å². The summed E-state index contributed by atoms with van der Waals surface area (Å²) in [5.74, 6) is 0.0799. The molecule has 3 heterocycles. The largest absolute Gasteiger partial charge is 0.351 e. The lowest BCUT2D eigenvalue weighted by molar-refractivity contribution is 0.326. The number of anilines is 1. The summed E-state index contributed by atoms with van der Waals surface area (Å²) in [7, 11) is 0. The van der Waals surface area contributed by atoms with Crippen molar-refractivity contribution >= 4 is 17.2 Å². The molecule has 134 valence electrons. The summed E-state index contributed by atoms with van der Waals surface area (Å²) in [4.78, 5) is 12.9. The predicted molar refractivity (Wildman–Crippen MR) is 96.4 cm³/mol. The van der Waals surface area contributed by atoms with Crippen molar-refractivity contribution in [3.05, 3.63) is 59.1 Å². The molecule has 0 atom stereocenters. The summed E-state index contributed by atoms with van der Waals surface area (Å²) in [6, 6.07) is 1.49. The first-order chi connectivity index (χ1) is 12.5. The Bertz CT molecular complexity index is 1070. The van der Waals surface area contributed by atoms with Crippen LogP contribution in [0.25, 0.3) is 11.2 Å². The SMILES string of the molecule is Cc1cnc2c(F)cc(C3=CCc4nc(NCC5(F)CC5)ncc43)cn12.[HH]. The lowest BCUT2D eigenvalue weighted by atomic mass is 10.0. The number of alkyl halides is 1. The van der Waals surface area contributed by atoms with Crippen LogP contribution in [0.1, 0.15) is 36.8 Å². The molecule has 0 spiro atoms. The highest BCUT2D eigenvalue weighted by atomic mass is 19.1. The number of imidazole rings is 1. The molecule has 0 radical (unpaired) electrons. The number of fused-ring (bicyclic) bond motifs is 2. The number of allylic oxidation sites excluding steroid dienone is 1. The molecule has 5 rings (SSSR count). The van der Waals surface area contributed by atoms with Crippen molar-refractivity contribution in [1.29, 1.82) is 0 Å². The van der Waals surface area contributed by atoms with Crippen molar-refractivity contribution in [3.8, 4) is 0 Å². The second-order valence-corrected chi connectivity index (χ2v) is 7.05. The van der Waals surface area contributed by atoms with Gasteiger partial charge in [0.25, 0.3) is 0 Å². The van der Waals surface area contributed by atoms with Gasteiger partial charge in [0.05, 0.1) is 12.2 Å². The maximum atomic E-state index is 14.4. The molecular formula is C19H19F2N5. The highest BCUT2D eigenvalue weighted by molar-refractivity contribution is 5.84. The summed E-state index contributed by atoms with van der Waals surface area (Å²) >= 11 is 0. The Morgan fingerprint density at radius 1 is 1.31 bits per heavy atom. The van der Waals surface area contributed by atoms with Gasteiger partial charge in [-0.3, -0.25) is 0 Å². The van der Waals surface area contributed by atoms with Gasteiger partial charge in [-0.1, -0.05) is 6.08 Å². The van der Waals surface area contributed by atoms with Crippen LogP contribution < -0.4 is 5.32 Å². The number of halogens is 2. The molecule has 1 saturated carbocycles. The van der Waals surface area contributed by atoms with Crippen molar-refractivity contribution in [2.24, 2.45) is 0 Å². The van der Waals surface area contributed by atoms with Crippen LogP contribution in [0.15, 0.2) is 30.7 Å². The molecule has 3 aromatic heterocycles. The zero-order valence-corrected chi connectivity index (χ0v) is 14.3. The molecule has 0 amide bonds. The summed E-state index contributed by atoms with van der Waals surface area (Å²) in [5, 5.41) is 2.98. The van der Waals surface area contributed by atoms with Crippen LogP contribution in [0, 0.1) is 12.7 Å². The number of aryl methyl sites for hydroxylation is 1.